The Bertz CT molecular complexity index is 205. The SMILES string of the molecule is O=P1(O)OC[C@H]2CCC[C@@H]2O1. The van der Waals surface area contributed by atoms with Gasteiger partial charge in [0.25, 0.3) is 0 Å². The van der Waals surface area contributed by atoms with Crippen molar-refractivity contribution in [3.05, 3.63) is 0 Å². The van der Waals surface area contributed by atoms with Gasteiger partial charge in [0, 0.05) is 5.92 Å². The second kappa shape index (κ2) is 2.56. The van der Waals surface area contributed by atoms with Crippen LogP contribution in [0.5, 0.6) is 0 Å². The summed E-state index contributed by atoms with van der Waals surface area (Å²) in [4.78, 5) is 8.93. The molecule has 1 unspecified atom stereocenters. The van der Waals surface area contributed by atoms with Crippen LogP contribution < -0.4 is 0 Å². The van der Waals surface area contributed by atoms with Crippen molar-refractivity contribution in [3.63, 3.8) is 0 Å². The minimum Gasteiger partial charge on any atom is -0.302 e. The standard InChI is InChI=1S/C6H11O4P/c7-11(8)9-4-5-2-1-3-6(5)10-11/h5-6H,1-4H2,(H,7,8)/t5-,6+/m1/s1. The van der Waals surface area contributed by atoms with Gasteiger partial charge in [-0.2, -0.15) is 0 Å². The number of hydrogen-bond donors (Lipinski definition) is 1. The molecule has 3 atom stereocenters. The zero-order valence-corrected chi connectivity index (χ0v) is 7.00. The molecule has 0 amide bonds. The fourth-order valence-corrected chi connectivity index (χ4v) is 2.78. The van der Waals surface area contributed by atoms with Crippen molar-refractivity contribution in [2.45, 2.75) is 25.4 Å². The second-order valence-electron chi connectivity index (χ2n) is 3.10. The second-order valence-corrected chi connectivity index (χ2v) is 4.51. The quantitative estimate of drug-likeness (QED) is 0.568. The summed E-state index contributed by atoms with van der Waals surface area (Å²) in [5.74, 6) is 0.351. The van der Waals surface area contributed by atoms with E-state index in [1.807, 2.05) is 0 Å². The molecule has 0 aromatic rings. The van der Waals surface area contributed by atoms with E-state index < -0.39 is 7.82 Å². The Morgan fingerprint density at radius 1 is 1.45 bits per heavy atom. The van der Waals surface area contributed by atoms with Gasteiger partial charge in [0.1, 0.15) is 0 Å². The van der Waals surface area contributed by atoms with E-state index >= 15 is 0 Å². The van der Waals surface area contributed by atoms with Gasteiger partial charge in [-0.05, 0) is 12.8 Å². The molecule has 64 valence electrons. The Balaban J connectivity index is 2.08. The Morgan fingerprint density at radius 3 is 3.09 bits per heavy atom. The molecule has 1 aliphatic carbocycles. The average molecular weight is 178 g/mol. The normalized spacial score (nSPS) is 50.6. The van der Waals surface area contributed by atoms with Crippen molar-refractivity contribution in [1.29, 1.82) is 0 Å². The van der Waals surface area contributed by atoms with Crippen LogP contribution >= 0.6 is 7.82 Å². The van der Waals surface area contributed by atoms with Crippen LogP contribution in [0.3, 0.4) is 0 Å². The Labute approximate surface area is 65.1 Å². The van der Waals surface area contributed by atoms with Crippen molar-refractivity contribution in [3.8, 4) is 0 Å². The van der Waals surface area contributed by atoms with Gasteiger partial charge in [0.15, 0.2) is 0 Å². The molecule has 1 saturated heterocycles. The zero-order chi connectivity index (χ0) is 7.90. The molecule has 0 bridgehead atoms. The summed E-state index contributed by atoms with van der Waals surface area (Å²) in [6, 6.07) is 0. The van der Waals surface area contributed by atoms with Gasteiger partial charge in [0.05, 0.1) is 12.7 Å². The summed E-state index contributed by atoms with van der Waals surface area (Å²) in [6.45, 7) is 0.387. The van der Waals surface area contributed by atoms with Crippen molar-refractivity contribution in [1.82, 2.24) is 0 Å². The van der Waals surface area contributed by atoms with E-state index in [4.69, 9.17) is 9.42 Å². The predicted octanol–water partition coefficient (Wildman–Crippen LogP) is 1.30. The highest BCUT2D eigenvalue weighted by atomic mass is 31.2. The van der Waals surface area contributed by atoms with E-state index in [2.05, 4.69) is 4.52 Å². The lowest BCUT2D eigenvalue weighted by atomic mass is 10.1. The van der Waals surface area contributed by atoms with E-state index in [1.54, 1.807) is 0 Å². The highest BCUT2D eigenvalue weighted by molar-refractivity contribution is 7.47. The van der Waals surface area contributed by atoms with E-state index in [9.17, 15) is 4.57 Å². The van der Waals surface area contributed by atoms with Gasteiger partial charge in [-0.1, -0.05) is 6.42 Å². The van der Waals surface area contributed by atoms with Gasteiger partial charge in [-0.25, -0.2) is 4.57 Å². The first kappa shape index (κ1) is 7.74. The van der Waals surface area contributed by atoms with Crippen LogP contribution in [0.2, 0.25) is 0 Å². The minimum absolute atomic E-state index is 0.0282. The van der Waals surface area contributed by atoms with Crippen LogP contribution in [0.15, 0.2) is 0 Å². The Hall–Kier alpha value is 0.110. The third kappa shape index (κ3) is 1.49. The summed E-state index contributed by atoms with van der Waals surface area (Å²) < 4.78 is 20.4. The van der Waals surface area contributed by atoms with Crippen LogP contribution in [0.25, 0.3) is 0 Å². The van der Waals surface area contributed by atoms with Crippen molar-refractivity contribution in [2.24, 2.45) is 5.92 Å². The summed E-state index contributed by atoms with van der Waals surface area (Å²) >= 11 is 0. The van der Waals surface area contributed by atoms with Crippen molar-refractivity contribution >= 4 is 7.82 Å². The maximum absolute atomic E-state index is 10.9. The number of rotatable bonds is 0. The number of phosphoric ester groups is 1. The molecule has 0 spiro atoms. The molecule has 5 heteroatoms. The summed E-state index contributed by atoms with van der Waals surface area (Å²) in [6.07, 6.45) is 3.02. The van der Waals surface area contributed by atoms with Crippen LogP contribution in [0.1, 0.15) is 19.3 Å². The van der Waals surface area contributed by atoms with Gasteiger partial charge in [-0.15, -0.1) is 0 Å². The van der Waals surface area contributed by atoms with E-state index in [0.29, 0.717) is 12.5 Å². The average Bonchev–Trinajstić information content (AvgIpc) is 2.31. The maximum atomic E-state index is 10.9. The smallest absolute Gasteiger partial charge is 0.302 e. The highest BCUT2D eigenvalue weighted by Crippen LogP contribution is 2.52. The van der Waals surface area contributed by atoms with Crippen LogP contribution in [0.4, 0.5) is 0 Å². The molecule has 0 radical (unpaired) electrons. The lowest BCUT2D eigenvalue weighted by molar-refractivity contribution is 0.0164. The first-order valence-electron chi connectivity index (χ1n) is 3.83. The van der Waals surface area contributed by atoms with Crippen LogP contribution in [-0.2, 0) is 13.6 Å². The van der Waals surface area contributed by atoms with Gasteiger partial charge < -0.3 is 4.89 Å². The molecule has 4 nitrogen and oxygen atoms in total. The minimum atomic E-state index is -3.66. The molecular weight excluding hydrogens is 167 g/mol. The van der Waals surface area contributed by atoms with E-state index in [1.165, 1.54) is 0 Å². The number of fused-ring (bicyclic) bond motifs is 1. The molecule has 1 heterocycles. The summed E-state index contributed by atoms with van der Waals surface area (Å²) in [5, 5.41) is 0. The fraction of sp³-hybridized carbons (Fsp3) is 1.00. The third-order valence-corrected chi connectivity index (χ3v) is 3.32. The lowest BCUT2D eigenvalue weighted by Crippen LogP contribution is -2.26. The molecule has 1 N–H and O–H groups in total. The molecule has 2 aliphatic rings. The molecule has 0 aromatic carbocycles. The predicted molar refractivity (Wildman–Crippen MR) is 38.0 cm³/mol. The Kier molecular flexibility index (Phi) is 1.80. The third-order valence-electron chi connectivity index (χ3n) is 2.31. The largest absolute Gasteiger partial charge is 0.472 e. The molecular formula is C6H11O4P. The van der Waals surface area contributed by atoms with Crippen LogP contribution in [0, 0.1) is 5.92 Å². The first-order valence-corrected chi connectivity index (χ1v) is 5.33. The van der Waals surface area contributed by atoms with Gasteiger partial charge in [0.2, 0.25) is 0 Å². The zero-order valence-electron chi connectivity index (χ0n) is 6.10. The fourth-order valence-electron chi connectivity index (χ4n) is 1.72. The Morgan fingerprint density at radius 2 is 2.27 bits per heavy atom. The van der Waals surface area contributed by atoms with Crippen molar-refractivity contribution in [2.75, 3.05) is 6.61 Å². The summed E-state index contributed by atoms with van der Waals surface area (Å²) in [7, 11) is -3.66. The highest BCUT2D eigenvalue weighted by Gasteiger charge is 2.40. The van der Waals surface area contributed by atoms with E-state index in [-0.39, 0.29) is 6.10 Å². The van der Waals surface area contributed by atoms with Crippen LogP contribution in [-0.4, -0.2) is 17.6 Å². The number of phosphoric acid groups is 1. The monoisotopic (exact) mass is 178 g/mol. The molecule has 11 heavy (non-hydrogen) atoms. The lowest BCUT2D eigenvalue weighted by Gasteiger charge is -2.28. The number of hydrogen-bond acceptors (Lipinski definition) is 3. The van der Waals surface area contributed by atoms with Gasteiger partial charge >= 0.3 is 7.82 Å². The molecule has 0 aromatic heterocycles. The summed E-state index contributed by atoms with van der Waals surface area (Å²) in [5.41, 5.74) is 0. The maximum Gasteiger partial charge on any atom is 0.472 e. The van der Waals surface area contributed by atoms with Crippen molar-refractivity contribution < 1.29 is 18.5 Å². The topological polar surface area (TPSA) is 55.8 Å². The molecule has 1 saturated carbocycles. The van der Waals surface area contributed by atoms with Gasteiger partial charge in [-0.3, -0.25) is 9.05 Å². The molecule has 1 aliphatic heterocycles. The van der Waals surface area contributed by atoms with E-state index in [0.717, 1.165) is 19.3 Å². The first-order chi connectivity index (χ1) is 5.17. The molecule has 2 fully saturated rings. The molecule has 2 rings (SSSR count).